The predicted molar refractivity (Wildman–Crippen MR) is 135 cm³/mol. The van der Waals surface area contributed by atoms with E-state index in [0.717, 1.165) is 27.6 Å². The lowest BCUT2D eigenvalue weighted by Crippen LogP contribution is -2.32. The van der Waals surface area contributed by atoms with Crippen molar-refractivity contribution < 1.29 is 23.7 Å². The molecule has 0 saturated carbocycles. The van der Waals surface area contributed by atoms with Crippen LogP contribution in [0.5, 0.6) is 23.0 Å². The second-order valence-electron chi connectivity index (χ2n) is 8.38. The summed E-state index contributed by atoms with van der Waals surface area (Å²) in [6, 6.07) is 25.5. The molecule has 1 amide bonds. The first-order valence-electron chi connectivity index (χ1n) is 11.5. The van der Waals surface area contributed by atoms with Gasteiger partial charge in [0.1, 0.15) is 0 Å². The first kappa shape index (κ1) is 22.6. The summed E-state index contributed by atoms with van der Waals surface area (Å²) in [5.74, 6) is 2.78. The Kier molecular flexibility index (Phi) is 6.44. The lowest BCUT2D eigenvalue weighted by Gasteiger charge is -2.24. The molecule has 6 heteroatoms. The van der Waals surface area contributed by atoms with Crippen LogP contribution in [-0.2, 0) is 13.0 Å². The molecule has 6 nitrogen and oxygen atoms in total. The maximum Gasteiger partial charge on any atom is 0.254 e. The van der Waals surface area contributed by atoms with Gasteiger partial charge in [0.15, 0.2) is 23.0 Å². The van der Waals surface area contributed by atoms with Crippen LogP contribution < -0.4 is 18.9 Å². The standard InChI is InChI=1S/C29H27NO5/c1-32-25-12-10-20(16-27(25)33-2)14-15-30(18-21-11-13-26-28(17-21)35-19-34-26)29(31)24-9-5-7-22-6-3-4-8-23(22)24/h3-13,16-17H,14-15,18-19H2,1-2H3. The molecule has 0 bridgehead atoms. The van der Waals surface area contributed by atoms with Crippen molar-refractivity contribution in [3.8, 4) is 23.0 Å². The third kappa shape index (κ3) is 4.73. The average Bonchev–Trinajstić information content (AvgIpc) is 3.38. The third-order valence-corrected chi connectivity index (χ3v) is 6.24. The van der Waals surface area contributed by atoms with Gasteiger partial charge >= 0.3 is 0 Å². The number of carbonyl (C=O) groups is 1. The van der Waals surface area contributed by atoms with Crippen molar-refractivity contribution in [2.45, 2.75) is 13.0 Å². The van der Waals surface area contributed by atoms with Gasteiger partial charge in [-0.15, -0.1) is 0 Å². The maximum atomic E-state index is 13.9. The molecule has 4 aromatic carbocycles. The van der Waals surface area contributed by atoms with E-state index in [-0.39, 0.29) is 12.7 Å². The van der Waals surface area contributed by atoms with Gasteiger partial charge in [0, 0.05) is 18.7 Å². The Bertz CT molecular complexity index is 1360. The van der Waals surface area contributed by atoms with Crippen molar-refractivity contribution in [2.75, 3.05) is 27.6 Å². The number of rotatable bonds is 8. The highest BCUT2D eigenvalue weighted by molar-refractivity contribution is 6.07. The molecule has 0 saturated heterocycles. The molecular weight excluding hydrogens is 442 g/mol. The first-order chi connectivity index (χ1) is 17.2. The molecule has 5 rings (SSSR count). The summed E-state index contributed by atoms with van der Waals surface area (Å²) >= 11 is 0. The van der Waals surface area contributed by atoms with Gasteiger partial charge in [0.2, 0.25) is 6.79 Å². The fourth-order valence-corrected chi connectivity index (χ4v) is 4.39. The quantitative estimate of drug-likeness (QED) is 0.343. The molecular formula is C29H27NO5. The molecule has 0 spiro atoms. The van der Waals surface area contributed by atoms with E-state index in [9.17, 15) is 4.79 Å². The van der Waals surface area contributed by atoms with Crippen molar-refractivity contribution in [3.63, 3.8) is 0 Å². The second kappa shape index (κ2) is 9.97. The van der Waals surface area contributed by atoms with Crippen LogP contribution in [0, 0.1) is 0 Å². The number of fused-ring (bicyclic) bond motifs is 2. The molecule has 0 unspecified atom stereocenters. The Morgan fingerprint density at radius 3 is 2.46 bits per heavy atom. The van der Waals surface area contributed by atoms with E-state index in [2.05, 4.69) is 0 Å². The summed E-state index contributed by atoms with van der Waals surface area (Å²) in [7, 11) is 3.24. The van der Waals surface area contributed by atoms with Crippen LogP contribution in [0.25, 0.3) is 10.8 Å². The number of methoxy groups -OCH3 is 2. The molecule has 4 aromatic rings. The molecule has 0 atom stereocenters. The lowest BCUT2D eigenvalue weighted by molar-refractivity contribution is 0.0747. The number of hydrogen-bond acceptors (Lipinski definition) is 5. The van der Waals surface area contributed by atoms with Gasteiger partial charge in [0.25, 0.3) is 5.91 Å². The van der Waals surface area contributed by atoms with Crippen LogP contribution in [-0.4, -0.2) is 38.4 Å². The molecule has 178 valence electrons. The zero-order valence-corrected chi connectivity index (χ0v) is 19.8. The Morgan fingerprint density at radius 2 is 1.60 bits per heavy atom. The van der Waals surface area contributed by atoms with Crippen LogP contribution in [0.15, 0.2) is 78.9 Å². The van der Waals surface area contributed by atoms with Gasteiger partial charge < -0.3 is 23.8 Å². The molecule has 0 radical (unpaired) electrons. The molecule has 1 aliphatic rings. The van der Waals surface area contributed by atoms with Crippen LogP contribution in [0.4, 0.5) is 0 Å². The van der Waals surface area contributed by atoms with Crippen molar-refractivity contribution in [1.29, 1.82) is 0 Å². The zero-order chi connectivity index (χ0) is 24.2. The van der Waals surface area contributed by atoms with Crippen LogP contribution in [0.1, 0.15) is 21.5 Å². The molecule has 0 fully saturated rings. The van der Waals surface area contributed by atoms with Gasteiger partial charge in [0.05, 0.1) is 14.2 Å². The van der Waals surface area contributed by atoms with Gasteiger partial charge in [-0.2, -0.15) is 0 Å². The van der Waals surface area contributed by atoms with Gasteiger partial charge in [-0.25, -0.2) is 0 Å². The second-order valence-corrected chi connectivity index (χ2v) is 8.38. The van der Waals surface area contributed by atoms with Gasteiger partial charge in [-0.05, 0) is 58.7 Å². The molecule has 1 heterocycles. The Balaban J connectivity index is 1.44. The van der Waals surface area contributed by atoms with Gasteiger partial charge in [-0.1, -0.05) is 48.5 Å². The van der Waals surface area contributed by atoms with Crippen LogP contribution >= 0.6 is 0 Å². The highest BCUT2D eigenvalue weighted by atomic mass is 16.7. The van der Waals surface area contributed by atoms with Crippen molar-refractivity contribution in [1.82, 2.24) is 4.90 Å². The van der Waals surface area contributed by atoms with Crippen LogP contribution in [0.3, 0.4) is 0 Å². The number of amides is 1. The number of ether oxygens (including phenoxy) is 4. The summed E-state index contributed by atoms with van der Waals surface area (Å²) in [5, 5.41) is 1.99. The summed E-state index contributed by atoms with van der Waals surface area (Å²) in [6.07, 6.45) is 0.668. The van der Waals surface area contributed by atoms with Crippen molar-refractivity contribution >= 4 is 16.7 Å². The van der Waals surface area contributed by atoms with E-state index in [1.54, 1.807) is 14.2 Å². The average molecular weight is 470 g/mol. The molecule has 35 heavy (non-hydrogen) atoms. The number of benzene rings is 4. The summed E-state index contributed by atoms with van der Waals surface area (Å²) in [5.41, 5.74) is 2.73. The Labute approximate surface area is 204 Å². The monoisotopic (exact) mass is 469 g/mol. The van der Waals surface area contributed by atoms with E-state index >= 15 is 0 Å². The normalized spacial score (nSPS) is 11.9. The Morgan fingerprint density at radius 1 is 0.829 bits per heavy atom. The van der Waals surface area contributed by atoms with E-state index in [1.807, 2.05) is 83.8 Å². The van der Waals surface area contributed by atoms with E-state index in [1.165, 1.54) is 0 Å². The minimum Gasteiger partial charge on any atom is -0.493 e. The topological polar surface area (TPSA) is 57.2 Å². The fraction of sp³-hybridized carbons (Fsp3) is 0.207. The minimum atomic E-state index is -0.0139. The van der Waals surface area contributed by atoms with Gasteiger partial charge in [-0.3, -0.25) is 4.79 Å². The largest absolute Gasteiger partial charge is 0.493 e. The maximum absolute atomic E-state index is 13.9. The zero-order valence-electron chi connectivity index (χ0n) is 19.8. The molecule has 0 aliphatic carbocycles. The number of hydrogen-bond donors (Lipinski definition) is 0. The fourth-order valence-electron chi connectivity index (χ4n) is 4.39. The van der Waals surface area contributed by atoms with Crippen LogP contribution in [0.2, 0.25) is 0 Å². The van der Waals surface area contributed by atoms with E-state index in [0.29, 0.717) is 42.3 Å². The molecule has 0 aromatic heterocycles. The highest BCUT2D eigenvalue weighted by Gasteiger charge is 2.21. The summed E-state index contributed by atoms with van der Waals surface area (Å²) in [6.45, 7) is 1.20. The first-order valence-corrected chi connectivity index (χ1v) is 11.5. The highest BCUT2D eigenvalue weighted by Crippen LogP contribution is 2.33. The third-order valence-electron chi connectivity index (χ3n) is 6.24. The molecule has 0 N–H and O–H groups in total. The smallest absolute Gasteiger partial charge is 0.254 e. The summed E-state index contributed by atoms with van der Waals surface area (Å²) < 4.78 is 21.8. The van der Waals surface area contributed by atoms with Crippen molar-refractivity contribution in [2.24, 2.45) is 0 Å². The predicted octanol–water partition coefficient (Wildman–Crippen LogP) is 5.47. The Hall–Kier alpha value is -4.19. The SMILES string of the molecule is COc1ccc(CCN(Cc2ccc3c(c2)OCO3)C(=O)c2cccc3ccccc23)cc1OC. The molecule has 1 aliphatic heterocycles. The lowest BCUT2D eigenvalue weighted by atomic mass is 10.0. The van der Waals surface area contributed by atoms with E-state index < -0.39 is 0 Å². The number of carbonyl (C=O) groups excluding carboxylic acids is 1. The van der Waals surface area contributed by atoms with E-state index in [4.69, 9.17) is 18.9 Å². The summed E-state index contributed by atoms with van der Waals surface area (Å²) in [4.78, 5) is 15.8. The minimum absolute atomic E-state index is 0.0139. The van der Waals surface area contributed by atoms with Crippen molar-refractivity contribution in [3.05, 3.63) is 95.6 Å². The number of nitrogens with zero attached hydrogens (tertiary/aromatic N) is 1.